The number of halogens is 2. The Kier molecular flexibility index (Phi) is 13.1. The molecule has 36 heavy (non-hydrogen) atoms. The number of fused-ring (bicyclic) bond motifs is 2. The molecule has 2 aromatic carbocycles. The van der Waals surface area contributed by atoms with E-state index in [0.29, 0.717) is 0 Å². The van der Waals surface area contributed by atoms with Gasteiger partial charge in [0.15, 0.2) is 0 Å². The summed E-state index contributed by atoms with van der Waals surface area (Å²) in [6, 6.07) is 56.0. The summed E-state index contributed by atoms with van der Waals surface area (Å²) in [4.78, 5) is 0. The predicted octanol–water partition coefficient (Wildman–Crippen LogP) is 8.83. The van der Waals surface area contributed by atoms with Gasteiger partial charge in [-0.2, -0.15) is 35.4 Å². The molecule has 6 rings (SSSR count). The summed E-state index contributed by atoms with van der Waals surface area (Å²) in [5.74, 6) is 0. The van der Waals surface area contributed by atoms with Crippen molar-refractivity contribution in [2.24, 2.45) is 0 Å². The summed E-state index contributed by atoms with van der Waals surface area (Å²) in [6.07, 6.45) is 0. The first-order valence-corrected chi connectivity index (χ1v) is 13.0. The van der Waals surface area contributed by atoms with E-state index >= 15 is 0 Å². The zero-order valence-corrected chi connectivity index (χ0v) is 24.9. The van der Waals surface area contributed by atoms with E-state index in [9.17, 15) is 0 Å². The molecule has 0 saturated heterocycles. The van der Waals surface area contributed by atoms with Crippen LogP contribution in [-0.4, -0.2) is 3.26 Å². The summed E-state index contributed by atoms with van der Waals surface area (Å²) in [7, 11) is 0. The molecule has 0 bridgehead atoms. The SMILES string of the molecule is Cl.Cl.[Hf+2]=[C](c1ccccc1)c1ccccc1.[c-]1ccc2cccccc1-2.[c-]1ccc2cccccc1-2. The molecule has 0 radical (unpaired) electrons. The molecule has 4 aliphatic rings. The quantitative estimate of drug-likeness (QED) is 0.128. The van der Waals surface area contributed by atoms with E-state index in [2.05, 4.69) is 109 Å². The van der Waals surface area contributed by atoms with Crippen LogP contribution in [0.5, 0.6) is 0 Å². The molecule has 176 valence electrons. The van der Waals surface area contributed by atoms with Gasteiger partial charge < -0.3 is 0 Å². The van der Waals surface area contributed by atoms with Crippen LogP contribution in [0.1, 0.15) is 11.1 Å². The van der Waals surface area contributed by atoms with Crippen molar-refractivity contribution < 1.29 is 23.9 Å². The van der Waals surface area contributed by atoms with Gasteiger partial charge in [0.05, 0.1) is 0 Å². The summed E-state index contributed by atoms with van der Waals surface area (Å²) in [5.41, 5.74) is 7.58. The number of benzene rings is 2. The van der Waals surface area contributed by atoms with Crippen LogP contribution >= 0.6 is 24.8 Å². The van der Waals surface area contributed by atoms with Crippen LogP contribution in [0.15, 0.2) is 146 Å². The minimum absolute atomic E-state index is 0. The zero-order chi connectivity index (χ0) is 23.4. The molecule has 0 heterocycles. The van der Waals surface area contributed by atoms with E-state index in [1.165, 1.54) is 36.6 Å². The molecule has 3 heteroatoms. The van der Waals surface area contributed by atoms with Crippen molar-refractivity contribution in [1.29, 1.82) is 0 Å². The molecular weight excluding hydrogens is 646 g/mol. The van der Waals surface area contributed by atoms with Gasteiger partial charge in [-0.3, -0.25) is 0 Å². The van der Waals surface area contributed by atoms with E-state index in [1.807, 2.05) is 48.5 Å². The Morgan fingerprint density at radius 2 is 0.750 bits per heavy atom. The van der Waals surface area contributed by atoms with Gasteiger partial charge in [-0.25, -0.2) is 0 Å². The van der Waals surface area contributed by atoms with Crippen LogP contribution in [-0.2, 0) is 23.9 Å². The maximum absolute atomic E-state index is 3.14. The summed E-state index contributed by atoms with van der Waals surface area (Å²) in [6.45, 7) is 0. The Morgan fingerprint density at radius 3 is 1.14 bits per heavy atom. The van der Waals surface area contributed by atoms with Crippen molar-refractivity contribution in [3.8, 4) is 22.3 Å². The van der Waals surface area contributed by atoms with Crippen LogP contribution in [0.4, 0.5) is 0 Å². The van der Waals surface area contributed by atoms with Gasteiger partial charge >= 0.3 is 98.9 Å². The fourth-order valence-electron chi connectivity index (χ4n) is 3.49. The van der Waals surface area contributed by atoms with Crippen molar-refractivity contribution in [2.75, 3.05) is 0 Å². The number of hydrogen-bond acceptors (Lipinski definition) is 0. The Balaban J connectivity index is 0.000000188. The maximum Gasteiger partial charge on any atom is -0.0723 e. The van der Waals surface area contributed by atoms with Gasteiger partial charge in [-0.15, -0.1) is 84.5 Å². The van der Waals surface area contributed by atoms with Gasteiger partial charge in [0.1, 0.15) is 0 Å². The first-order chi connectivity index (χ1) is 16.8. The fraction of sp³-hybridized carbons (Fsp3) is 0. The average molecular weight is 672 g/mol. The smallest absolute Gasteiger partial charge is 0.0723 e. The third-order valence-electron chi connectivity index (χ3n) is 5.27. The second-order valence-electron chi connectivity index (χ2n) is 7.62. The maximum atomic E-state index is 3.14. The third kappa shape index (κ3) is 8.68. The van der Waals surface area contributed by atoms with Crippen molar-refractivity contribution in [3.05, 3.63) is 169 Å². The monoisotopic (exact) mass is 672 g/mol. The first-order valence-electron chi connectivity index (χ1n) is 11.2. The standard InChI is InChI=1S/C13H10.2C10H7.2ClH.Hf/c1-3-7-12(8-4-1)11-13-9-5-2-6-10-13;2*1-2-5-9-7-4-8-10(9)6-3-1;;;/h1-10H;2*1-7H;2*1H;/q;2*-1;;;+2. The second-order valence-corrected chi connectivity index (χ2v) is 9.42. The average Bonchev–Trinajstić information content (AvgIpc) is 3.41. The van der Waals surface area contributed by atoms with Crippen molar-refractivity contribution in [3.63, 3.8) is 0 Å². The van der Waals surface area contributed by atoms with E-state index in [4.69, 9.17) is 0 Å². The molecule has 0 aromatic heterocycles. The number of hydrogen-bond donors (Lipinski definition) is 0. The summed E-state index contributed by atoms with van der Waals surface area (Å²) >= 11 is 1.08. The van der Waals surface area contributed by atoms with E-state index in [-0.39, 0.29) is 24.8 Å². The molecule has 0 saturated carbocycles. The largest absolute Gasteiger partial charge is 0.168 e. The Bertz CT molecular complexity index is 1200. The van der Waals surface area contributed by atoms with E-state index < -0.39 is 0 Å². The van der Waals surface area contributed by atoms with Gasteiger partial charge in [-0.05, 0) is 0 Å². The second kappa shape index (κ2) is 16.0. The minimum Gasteiger partial charge on any atom is -0.168 e. The van der Waals surface area contributed by atoms with Crippen LogP contribution in [0, 0.1) is 12.1 Å². The van der Waals surface area contributed by atoms with Crippen LogP contribution in [0.2, 0.25) is 0 Å². The normalized spacial score (nSPS) is 9.39. The van der Waals surface area contributed by atoms with Crippen LogP contribution in [0.25, 0.3) is 22.3 Å². The van der Waals surface area contributed by atoms with Gasteiger partial charge in [0.2, 0.25) is 0 Å². The molecule has 0 aliphatic heterocycles. The molecule has 0 fully saturated rings. The Hall–Kier alpha value is -2.84. The molecule has 0 amide bonds. The van der Waals surface area contributed by atoms with E-state index in [0.717, 1.165) is 23.9 Å². The van der Waals surface area contributed by atoms with Crippen LogP contribution < -0.4 is 0 Å². The van der Waals surface area contributed by atoms with Gasteiger partial charge in [-0.1, -0.05) is 24.3 Å². The number of rotatable bonds is 2. The molecular formula is C33H26Cl2Hf. The van der Waals surface area contributed by atoms with Crippen LogP contribution in [0.3, 0.4) is 0 Å². The topological polar surface area (TPSA) is 0 Å². The Labute approximate surface area is 241 Å². The van der Waals surface area contributed by atoms with Crippen molar-refractivity contribution in [2.45, 2.75) is 0 Å². The van der Waals surface area contributed by atoms with Crippen molar-refractivity contribution >= 4 is 28.1 Å². The minimum atomic E-state index is 0. The Morgan fingerprint density at radius 1 is 0.417 bits per heavy atom. The third-order valence-corrected chi connectivity index (χ3v) is 7.35. The molecule has 0 unspecified atom stereocenters. The summed E-state index contributed by atoms with van der Waals surface area (Å²) in [5, 5.41) is 0. The van der Waals surface area contributed by atoms with Gasteiger partial charge in [0.25, 0.3) is 0 Å². The predicted molar refractivity (Wildman–Crippen MR) is 154 cm³/mol. The fourth-order valence-corrected chi connectivity index (χ4v) is 4.69. The zero-order valence-electron chi connectivity index (χ0n) is 19.7. The van der Waals surface area contributed by atoms with Crippen molar-refractivity contribution in [1.82, 2.24) is 0 Å². The molecule has 0 atom stereocenters. The first kappa shape index (κ1) is 29.4. The molecule has 0 nitrogen and oxygen atoms in total. The molecule has 0 N–H and O–H groups in total. The molecule has 2 aromatic rings. The van der Waals surface area contributed by atoms with Gasteiger partial charge in [0, 0.05) is 0 Å². The van der Waals surface area contributed by atoms with E-state index in [1.54, 1.807) is 0 Å². The summed E-state index contributed by atoms with van der Waals surface area (Å²) < 4.78 is 1.46. The molecule has 0 spiro atoms. The molecule has 4 aliphatic carbocycles.